The molecule has 0 aromatic heterocycles. The van der Waals surface area contributed by atoms with Crippen LogP contribution in [0.1, 0.15) is 27.0 Å². The van der Waals surface area contributed by atoms with E-state index in [4.69, 9.17) is 4.74 Å². The quantitative estimate of drug-likeness (QED) is 0.604. The lowest BCUT2D eigenvalue weighted by atomic mass is 10.1. The summed E-state index contributed by atoms with van der Waals surface area (Å²) < 4.78 is 5.39. The van der Waals surface area contributed by atoms with Crippen molar-refractivity contribution in [1.29, 1.82) is 0 Å². The molecule has 1 fully saturated rings. The highest BCUT2D eigenvalue weighted by atomic mass is 16.5. The molecule has 0 saturated carbocycles. The van der Waals surface area contributed by atoms with Gasteiger partial charge in [0, 0.05) is 30.9 Å². The minimum Gasteiger partial charge on any atom is -0.379 e. The Labute approximate surface area is 173 Å². The van der Waals surface area contributed by atoms with E-state index in [0.29, 0.717) is 18.1 Å². The van der Waals surface area contributed by atoms with Crippen LogP contribution in [0.2, 0.25) is 0 Å². The van der Waals surface area contributed by atoms with Crippen molar-refractivity contribution < 1.29 is 9.53 Å². The van der Waals surface area contributed by atoms with Crippen molar-refractivity contribution in [2.75, 3.05) is 44.7 Å². The third kappa shape index (κ3) is 6.69. The molecule has 2 aromatic rings. The van der Waals surface area contributed by atoms with Gasteiger partial charge in [-0.1, -0.05) is 23.8 Å². The van der Waals surface area contributed by atoms with Crippen LogP contribution in [0.3, 0.4) is 0 Å². The molecule has 6 nitrogen and oxygen atoms in total. The lowest BCUT2D eigenvalue weighted by Crippen LogP contribution is -2.39. The molecule has 1 aliphatic rings. The van der Waals surface area contributed by atoms with Crippen molar-refractivity contribution >= 4 is 17.6 Å². The average molecular weight is 395 g/mol. The molecule has 1 saturated heterocycles. The summed E-state index contributed by atoms with van der Waals surface area (Å²) in [6.07, 6.45) is 0. The monoisotopic (exact) mass is 394 g/mol. The lowest BCUT2D eigenvalue weighted by Gasteiger charge is -2.25. The van der Waals surface area contributed by atoms with Gasteiger partial charge in [0.2, 0.25) is 5.96 Å². The molecule has 2 N–H and O–H groups in total. The summed E-state index contributed by atoms with van der Waals surface area (Å²) in [5, 5.41) is 6.22. The third-order valence-electron chi connectivity index (χ3n) is 4.82. The van der Waals surface area contributed by atoms with Gasteiger partial charge in [-0.25, -0.2) is 0 Å². The number of carbonyl (C=O) groups excluding carboxylic acids is 1. The molecular formula is C23H30N4O2. The summed E-state index contributed by atoms with van der Waals surface area (Å²) in [7, 11) is 0. The number of hydrogen-bond acceptors (Lipinski definition) is 4. The Kier molecular flexibility index (Phi) is 7.38. The van der Waals surface area contributed by atoms with Gasteiger partial charge in [0.1, 0.15) is 0 Å². The second-order valence-corrected chi connectivity index (χ2v) is 7.51. The van der Waals surface area contributed by atoms with Crippen LogP contribution in [0.25, 0.3) is 0 Å². The summed E-state index contributed by atoms with van der Waals surface area (Å²) in [5.74, 6) is 0.292. The SMILES string of the molecule is Cc1ccc(C(=O)NC(=NCCN2CCOCC2)Nc2cc(C)cc(C)c2)cc1. The minimum atomic E-state index is -0.174. The number of nitrogens with one attached hydrogen (secondary N) is 2. The molecule has 0 bridgehead atoms. The number of guanidine groups is 1. The summed E-state index contributed by atoms with van der Waals surface area (Å²) in [6, 6.07) is 13.7. The van der Waals surface area contributed by atoms with Gasteiger partial charge in [-0.2, -0.15) is 0 Å². The first-order valence-electron chi connectivity index (χ1n) is 10.1. The Morgan fingerprint density at radius 3 is 2.31 bits per heavy atom. The first-order valence-corrected chi connectivity index (χ1v) is 10.1. The minimum absolute atomic E-state index is 0.174. The van der Waals surface area contributed by atoms with E-state index in [1.807, 2.05) is 43.3 Å². The van der Waals surface area contributed by atoms with Crippen LogP contribution in [-0.4, -0.2) is 56.2 Å². The number of rotatable bonds is 5. The van der Waals surface area contributed by atoms with Crippen molar-refractivity contribution in [3.8, 4) is 0 Å². The van der Waals surface area contributed by atoms with Crippen molar-refractivity contribution in [2.24, 2.45) is 4.99 Å². The molecule has 1 aliphatic heterocycles. The third-order valence-corrected chi connectivity index (χ3v) is 4.82. The number of hydrogen-bond donors (Lipinski definition) is 2. The van der Waals surface area contributed by atoms with Gasteiger partial charge in [-0.15, -0.1) is 0 Å². The van der Waals surface area contributed by atoms with E-state index in [2.05, 4.69) is 40.4 Å². The Morgan fingerprint density at radius 2 is 1.66 bits per heavy atom. The van der Waals surface area contributed by atoms with E-state index in [-0.39, 0.29) is 5.91 Å². The molecule has 0 spiro atoms. The summed E-state index contributed by atoms with van der Waals surface area (Å²) in [4.78, 5) is 19.7. The van der Waals surface area contributed by atoms with Gasteiger partial charge in [0.05, 0.1) is 19.8 Å². The molecule has 3 rings (SSSR count). The van der Waals surface area contributed by atoms with E-state index in [1.54, 1.807) is 0 Å². The van der Waals surface area contributed by atoms with Crippen molar-refractivity contribution in [3.63, 3.8) is 0 Å². The topological polar surface area (TPSA) is 66.0 Å². The molecule has 154 valence electrons. The molecule has 1 heterocycles. The number of morpholine rings is 1. The van der Waals surface area contributed by atoms with Crippen LogP contribution in [0.15, 0.2) is 47.5 Å². The highest BCUT2D eigenvalue weighted by Crippen LogP contribution is 2.14. The van der Waals surface area contributed by atoms with E-state index in [0.717, 1.165) is 55.2 Å². The fourth-order valence-electron chi connectivity index (χ4n) is 3.31. The normalized spacial score (nSPS) is 15.2. The lowest BCUT2D eigenvalue weighted by molar-refractivity contribution is 0.0394. The second-order valence-electron chi connectivity index (χ2n) is 7.51. The molecule has 0 radical (unpaired) electrons. The van der Waals surface area contributed by atoms with Crippen LogP contribution < -0.4 is 10.6 Å². The molecular weight excluding hydrogens is 364 g/mol. The van der Waals surface area contributed by atoms with Gasteiger partial charge in [-0.3, -0.25) is 20.0 Å². The van der Waals surface area contributed by atoms with E-state index >= 15 is 0 Å². The zero-order valence-electron chi connectivity index (χ0n) is 17.5. The van der Waals surface area contributed by atoms with Gasteiger partial charge in [0.15, 0.2) is 0 Å². The van der Waals surface area contributed by atoms with Gasteiger partial charge < -0.3 is 10.1 Å². The molecule has 0 aliphatic carbocycles. The van der Waals surface area contributed by atoms with E-state index in [1.165, 1.54) is 0 Å². The second kappa shape index (κ2) is 10.2. The van der Waals surface area contributed by atoms with Crippen LogP contribution in [-0.2, 0) is 4.74 Å². The van der Waals surface area contributed by atoms with Crippen molar-refractivity contribution in [1.82, 2.24) is 10.2 Å². The van der Waals surface area contributed by atoms with Crippen molar-refractivity contribution in [2.45, 2.75) is 20.8 Å². The van der Waals surface area contributed by atoms with Gasteiger partial charge in [0.25, 0.3) is 5.91 Å². The first-order chi connectivity index (χ1) is 14.0. The Balaban J connectivity index is 1.71. The fraction of sp³-hybridized carbons (Fsp3) is 0.391. The number of amides is 1. The van der Waals surface area contributed by atoms with Crippen LogP contribution in [0.4, 0.5) is 5.69 Å². The zero-order valence-corrected chi connectivity index (χ0v) is 17.5. The Morgan fingerprint density at radius 1 is 1.00 bits per heavy atom. The number of benzene rings is 2. The van der Waals surface area contributed by atoms with Gasteiger partial charge in [-0.05, 0) is 56.2 Å². The summed E-state index contributed by atoms with van der Waals surface area (Å²) in [6.45, 7) is 10.9. The van der Waals surface area contributed by atoms with Crippen molar-refractivity contribution in [3.05, 3.63) is 64.7 Å². The number of aliphatic imine (C=N–C) groups is 1. The number of anilines is 1. The summed E-state index contributed by atoms with van der Waals surface area (Å²) >= 11 is 0. The first kappa shape index (κ1) is 21.0. The largest absolute Gasteiger partial charge is 0.379 e. The van der Waals surface area contributed by atoms with E-state index in [9.17, 15) is 4.79 Å². The van der Waals surface area contributed by atoms with Crippen LogP contribution >= 0.6 is 0 Å². The molecule has 2 aromatic carbocycles. The fourth-order valence-corrected chi connectivity index (χ4v) is 3.31. The molecule has 6 heteroatoms. The number of nitrogens with zero attached hydrogens (tertiary/aromatic N) is 2. The maximum Gasteiger partial charge on any atom is 0.257 e. The number of aryl methyl sites for hydroxylation is 3. The average Bonchev–Trinajstić information content (AvgIpc) is 2.68. The molecule has 0 unspecified atom stereocenters. The Hall–Kier alpha value is -2.70. The van der Waals surface area contributed by atoms with Crippen LogP contribution in [0.5, 0.6) is 0 Å². The summed E-state index contributed by atoms with van der Waals surface area (Å²) in [5.41, 5.74) is 4.96. The van der Waals surface area contributed by atoms with Crippen LogP contribution in [0, 0.1) is 20.8 Å². The number of ether oxygens (including phenoxy) is 1. The smallest absolute Gasteiger partial charge is 0.257 e. The number of carbonyl (C=O) groups is 1. The molecule has 0 atom stereocenters. The van der Waals surface area contributed by atoms with E-state index < -0.39 is 0 Å². The standard InChI is InChI=1S/C23H30N4O2/c1-17-4-6-20(7-5-17)22(28)26-23(24-8-9-27-10-12-29-13-11-27)25-21-15-18(2)14-19(3)16-21/h4-7,14-16H,8-13H2,1-3H3,(H2,24,25,26,28). The molecule has 29 heavy (non-hydrogen) atoms. The Bertz CT molecular complexity index is 835. The van der Waals surface area contributed by atoms with Gasteiger partial charge >= 0.3 is 0 Å². The highest BCUT2D eigenvalue weighted by Gasteiger charge is 2.12. The predicted molar refractivity (Wildman–Crippen MR) is 118 cm³/mol. The maximum atomic E-state index is 12.7. The highest BCUT2D eigenvalue weighted by molar-refractivity contribution is 6.10. The zero-order chi connectivity index (χ0) is 20.6. The maximum absolute atomic E-state index is 12.7. The predicted octanol–water partition coefficient (Wildman–Crippen LogP) is 3.14. The molecule has 1 amide bonds.